The highest BCUT2D eigenvalue weighted by molar-refractivity contribution is 5.77. The maximum Gasteiger partial charge on any atom is 0.223 e. The molecule has 1 aromatic carbocycles. The van der Waals surface area contributed by atoms with Gasteiger partial charge in [0, 0.05) is 32.1 Å². The number of carbonyl (C=O) groups is 1. The maximum absolute atomic E-state index is 12.2. The minimum Gasteiger partial charge on any atom is -0.496 e. The van der Waals surface area contributed by atoms with Gasteiger partial charge in [0.25, 0.3) is 0 Å². The SMILES string of the molecule is COc1ccccc1CCC(=O)N1CCNC[C@H]1C. The molecule has 1 saturated heterocycles. The summed E-state index contributed by atoms with van der Waals surface area (Å²) >= 11 is 0. The van der Waals surface area contributed by atoms with E-state index < -0.39 is 0 Å². The van der Waals surface area contributed by atoms with Gasteiger partial charge in [0.2, 0.25) is 5.91 Å². The number of methoxy groups -OCH3 is 1. The molecule has 0 aromatic heterocycles. The number of hydrogen-bond donors (Lipinski definition) is 1. The molecule has 104 valence electrons. The summed E-state index contributed by atoms with van der Waals surface area (Å²) in [4.78, 5) is 14.2. The van der Waals surface area contributed by atoms with Gasteiger partial charge >= 0.3 is 0 Å². The van der Waals surface area contributed by atoms with Crippen LogP contribution in [-0.4, -0.2) is 43.6 Å². The fourth-order valence-corrected chi connectivity index (χ4v) is 2.51. The number of ether oxygens (including phenoxy) is 1. The van der Waals surface area contributed by atoms with E-state index in [1.54, 1.807) is 7.11 Å². The lowest BCUT2D eigenvalue weighted by Crippen LogP contribution is -2.52. The molecule has 1 aliphatic rings. The van der Waals surface area contributed by atoms with E-state index in [1.165, 1.54) is 0 Å². The molecule has 1 amide bonds. The van der Waals surface area contributed by atoms with Crippen LogP contribution in [0.15, 0.2) is 24.3 Å². The summed E-state index contributed by atoms with van der Waals surface area (Å²) in [5.41, 5.74) is 1.10. The van der Waals surface area contributed by atoms with Gasteiger partial charge in [-0.05, 0) is 25.0 Å². The monoisotopic (exact) mass is 262 g/mol. The number of amides is 1. The van der Waals surface area contributed by atoms with E-state index in [0.717, 1.165) is 37.4 Å². The lowest BCUT2D eigenvalue weighted by molar-refractivity contribution is -0.133. The summed E-state index contributed by atoms with van der Waals surface area (Å²) in [5.74, 6) is 1.10. The molecule has 4 nitrogen and oxygen atoms in total. The third-order valence-electron chi connectivity index (χ3n) is 3.62. The average Bonchev–Trinajstić information content (AvgIpc) is 2.45. The minimum absolute atomic E-state index is 0.236. The van der Waals surface area contributed by atoms with Crippen molar-refractivity contribution in [3.63, 3.8) is 0 Å². The molecule has 1 aliphatic heterocycles. The van der Waals surface area contributed by atoms with Gasteiger partial charge in [0.1, 0.15) is 5.75 Å². The van der Waals surface area contributed by atoms with Gasteiger partial charge in [0.15, 0.2) is 0 Å². The van der Waals surface area contributed by atoms with Crippen molar-refractivity contribution in [3.8, 4) is 5.75 Å². The van der Waals surface area contributed by atoms with Crippen LogP contribution in [0.4, 0.5) is 0 Å². The number of rotatable bonds is 4. The standard InChI is InChI=1S/C15H22N2O2/c1-12-11-16-9-10-17(12)15(18)8-7-13-5-3-4-6-14(13)19-2/h3-6,12,16H,7-11H2,1-2H3/t12-/m1/s1. The second-order valence-corrected chi connectivity index (χ2v) is 4.95. The number of para-hydroxylation sites is 1. The lowest BCUT2D eigenvalue weighted by atomic mass is 10.1. The van der Waals surface area contributed by atoms with Crippen molar-refractivity contribution in [2.45, 2.75) is 25.8 Å². The normalized spacial score (nSPS) is 19.3. The van der Waals surface area contributed by atoms with E-state index in [-0.39, 0.29) is 5.91 Å². The number of hydrogen-bond acceptors (Lipinski definition) is 3. The quantitative estimate of drug-likeness (QED) is 0.893. The second-order valence-electron chi connectivity index (χ2n) is 4.95. The number of aryl methyl sites for hydroxylation is 1. The molecule has 1 N–H and O–H groups in total. The minimum atomic E-state index is 0.236. The molecule has 0 radical (unpaired) electrons. The maximum atomic E-state index is 12.2. The van der Waals surface area contributed by atoms with Gasteiger partial charge in [-0.3, -0.25) is 4.79 Å². The second kappa shape index (κ2) is 6.57. The molecule has 0 spiro atoms. The average molecular weight is 262 g/mol. The Labute approximate surface area is 114 Å². The molecule has 0 unspecified atom stereocenters. The highest BCUT2D eigenvalue weighted by Gasteiger charge is 2.22. The zero-order valence-corrected chi connectivity index (χ0v) is 11.7. The molecule has 0 aliphatic carbocycles. The number of nitrogens with zero attached hydrogens (tertiary/aromatic N) is 1. The first-order valence-electron chi connectivity index (χ1n) is 6.84. The first-order valence-corrected chi connectivity index (χ1v) is 6.84. The summed E-state index contributed by atoms with van der Waals surface area (Å²) < 4.78 is 5.31. The van der Waals surface area contributed by atoms with Crippen molar-refractivity contribution in [1.29, 1.82) is 0 Å². The van der Waals surface area contributed by atoms with Gasteiger partial charge in [-0.2, -0.15) is 0 Å². The first-order chi connectivity index (χ1) is 9.22. The van der Waals surface area contributed by atoms with E-state index in [1.807, 2.05) is 29.2 Å². The molecule has 1 atom stereocenters. The number of piperazine rings is 1. The van der Waals surface area contributed by atoms with Crippen LogP contribution >= 0.6 is 0 Å². The van der Waals surface area contributed by atoms with Crippen LogP contribution < -0.4 is 10.1 Å². The molecule has 2 rings (SSSR count). The van der Waals surface area contributed by atoms with Gasteiger partial charge in [-0.25, -0.2) is 0 Å². The predicted octanol–water partition coefficient (Wildman–Crippen LogP) is 1.45. The molecule has 19 heavy (non-hydrogen) atoms. The van der Waals surface area contributed by atoms with Crippen molar-refractivity contribution in [2.24, 2.45) is 0 Å². The van der Waals surface area contributed by atoms with Gasteiger partial charge < -0.3 is 15.0 Å². The van der Waals surface area contributed by atoms with Crippen molar-refractivity contribution < 1.29 is 9.53 Å². The number of carbonyl (C=O) groups excluding carboxylic acids is 1. The van der Waals surface area contributed by atoms with Crippen LogP contribution in [0, 0.1) is 0 Å². The Balaban J connectivity index is 1.92. The zero-order chi connectivity index (χ0) is 13.7. The molecule has 0 saturated carbocycles. The van der Waals surface area contributed by atoms with Crippen LogP contribution in [0.5, 0.6) is 5.75 Å². The smallest absolute Gasteiger partial charge is 0.223 e. The molecule has 0 bridgehead atoms. The molecule has 4 heteroatoms. The zero-order valence-electron chi connectivity index (χ0n) is 11.7. The number of benzene rings is 1. The topological polar surface area (TPSA) is 41.6 Å². The molecular formula is C15H22N2O2. The van der Waals surface area contributed by atoms with E-state index >= 15 is 0 Å². The van der Waals surface area contributed by atoms with Crippen LogP contribution in [-0.2, 0) is 11.2 Å². The lowest BCUT2D eigenvalue weighted by Gasteiger charge is -2.34. The Kier molecular flexibility index (Phi) is 4.80. The van der Waals surface area contributed by atoms with Crippen molar-refractivity contribution in [1.82, 2.24) is 10.2 Å². The summed E-state index contributed by atoms with van der Waals surface area (Å²) in [6, 6.07) is 8.18. The summed E-state index contributed by atoms with van der Waals surface area (Å²) in [6.07, 6.45) is 1.28. The van der Waals surface area contributed by atoms with Crippen molar-refractivity contribution >= 4 is 5.91 Å². The number of nitrogens with one attached hydrogen (secondary N) is 1. The Morgan fingerprint density at radius 1 is 1.47 bits per heavy atom. The van der Waals surface area contributed by atoms with Gasteiger partial charge in [-0.15, -0.1) is 0 Å². The first kappa shape index (κ1) is 13.9. The fraction of sp³-hybridized carbons (Fsp3) is 0.533. The van der Waals surface area contributed by atoms with Crippen molar-refractivity contribution in [3.05, 3.63) is 29.8 Å². The predicted molar refractivity (Wildman–Crippen MR) is 75.4 cm³/mol. The molecular weight excluding hydrogens is 240 g/mol. The summed E-state index contributed by atoms with van der Waals surface area (Å²) in [6.45, 7) is 4.68. The van der Waals surface area contributed by atoms with Crippen LogP contribution in [0.3, 0.4) is 0 Å². The molecule has 1 aromatic rings. The van der Waals surface area contributed by atoms with E-state index in [0.29, 0.717) is 12.5 Å². The van der Waals surface area contributed by atoms with Crippen LogP contribution in [0.25, 0.3) is 0 Å². The Hall–Kier alpha value is -1.55. The highest BCUT2D eigenvalue weighted by Crippen LogP contribution is 2.19. The Morgan fingerprint density at radius 3 is 3.00 bits per heavy atom. The third-order valence-corrected chi connectivity index (χ3v) is 3.62. The van der Waals surface area contributed by atoms with E-state index in [2.05, 4.69) is 12.2 Å². The highest BCUT2D eigenvalue weighted by atomic mass is 16.5. The van der Waals surface area contributed by atoms with E-state index in [4.69, 9.17) is 4.74 Å². The van der Waals surface area contributed by atoms with E-state index in [9.17, 15) is 4.79 Å². The molecule has 1 heterocycles. The molecule has 1 fully saturated rings. The van der Waals surface area contributed by atoms with Gasteiger partial charge in [-0.1, -0.05) is 18.2 Å². The van der Waals surface area contributed by atoms with Crippen LogP contribution in [0.2, 0.25) is 0 Å². The Morgan fingerprint density at radius 2 is 2.26 bits per heavy atom. The van der Waals surface area contributed by atoms with Gasteiger partial charge in [0.05, 0.1) is 7.11 Å². The summed E-state index contributed by atoms with van der Waals surface area (Å²) in [5, 5.41) is 3.30. The largest absolute Gasteiger partial charge is 0.496 e. The van der Waals surface area contributed by atoms with Crippen molar-refractivity contribution in [2.75, 3.05) is 26.7 Å². The van der Waals surface area contributed by atoms with Crippen LogP contribution in [0.1, 0.15) is 18.9 Å². The fourth-order valence-electron chi connectivity index (χ4n) is 2.51. The Bertz CT molecular complexity index is 434. The third kappa shape index (κ3) is 3.47. The summed E-state index contributed by atoms with van der Waals surface area (Å²) in [7, 11) is 1.67.